The Morgan fingerprint density at radius 3 is 2.18 bits per heavy atom. The van der Waals surface area contributed by atoms with Crippen LogP contribution in [0.4, 0.5) is 5.69 Å². The molecule has 0 spiro atoms. The van der Waals surface area contributed by atoms with Crippen LogP contribution >= 0.6 is 0 Å². The molecule has 9 heteroatoms. The van der Waals surface area contributed by atoms with Gasteiger partial charge in [0.25, 0.3) is 5.91 Å². The molecule has 0 unspecified atom stereocenters. The number of benzene rings is 3. The summed E-state index contributed by atoms with van der Waals surface area (Å²) in [4.78, 5) is 15.2. The average molecular weight is 482 g/mol. The van der Waals surface area contributed by atoms with Crippen LogP contribution in [0.1, 0.15) is 10.4 Å². The maximum absolute atomic E-state index is 13.1. The second kappa shape index (κ2) is 10.3. The van der Waals surface area contributed by atoms with Gasteiger partial charge in [-0.1, -0.05) is 18.2 Å². The first-order valence-corrected chi connectivity index (χ1v) is 12.3. The lowest BCUT2D eigenvalue weighted by Crippen LogP contribution is -2.47. The van der Waals surface area contributed by atoms with Crippen molar-refractivity contribution in [1.29, 1.82) is 0 Å². The number of nitrogens with one attached hydrogen (secondary N) is 1. The Morgan fingerprint density at radius 2 is 1.53 bits per heavy atom. The summed E-state index contributed by atoms with van der Waals surface area (Å²) >= 11 is 0. The van der Waals surface area contributed by atoms with E-state index in [9.17, 15) is 13.2 Å². The van der Waals surface area contributed by atoms with Crippen LogP contribution in [0.15, 0.2) is 77.7 Å². The van der Waals surface area contributed by atoms with Crippen molar-refractivity contribution >= 4 is 21.6 Å². The SMILES string of the molecule is COc1ccc(S(=O)(=O)N2CCN(C)CC2)cc1C(=O)Nc1ccc(Oc2ccccc2)cc1. The van der Waals surface area contributed by atoms with Crippen LogP contribution in [0.3, 0.4) is 0 Å². The molecule has 34 heavy (non-hydrogen) atoms. The van der Waals surface area contributed by atoms with E-state index >= 15 is 0 Å². The number of hydrogen-bond donors (Lipinski definition) is 1. The minimum Gasteiger partial charge on any atom is -0.496 e. The van der Waals surface area contributed by atoms with Gasteiger partial charge in [0.1, 0.15) is 17.2 Å². The van der Waals surface area contributed by atoms with E-state index in [0.717, 1.165) is 0 Å². The summed E-state index contributed by atoms with van der Waals surface area (Å²) in [5, 5.41) is 2.80. The van der Waals surface area contributed by atoms with Gasteiger partial charge in [-0.2, -0.15) is 4.31 Å². The third kappa shape index (κ3) is 5.39. The fourth-order valence-corrected chi connectivity index (χ4v) is 5.08. The highest BCUT2D eigenvalue weighted by Crippen LogP contribution is 2.27. The molecule has 178 valence electrons. The van der Waals surface area contributed by atoms with E-state index in [2.05, 4.69) is 10.2 Å². The van der Waals surface area contributed by atoms with Crippen molar-refractivity contribution in [2.45, 2.75) is 4.90 Å². The molecule has 0 aliphatic carbocycles. The summed E-state index contributed by atoms with van der Waals surface area (Å²) in [7, 11) is -0.321. The predicted molar refractivity (Wildman–Crippen MR) is 130 cm³/mol. The van der Waals surface area contributed by atoms with E-state index in [0.29, 0.717) is 49.1 Å². The third-order valence-electron chi connectivity index (χ3n) is 5.61. The molecule has 1 aliphatic heterocycles. The number of methoxy groups -OCH3 is 1. The highest BCUT2D eigenvalue weighted by atomic mass is 32.2. The quantitative estimate of drug-likeness (QED) is 0.554. The van der Waals surface area contributed by atoms with Crippen LogP contribution in [0, 0.1) is 0 Å². The Kier molecular flexibility index (Phi) is 7.16. The molecule has 8 nitrogen and oxygen atoms in total. The van der Waals surface area contributed by atoms with Gasteiger partial charge in [-0.25, -0.2) is 8.42 Å². The van der Waals surface area contributed by atoms with Gasteiger partial charge in [-0.15, -0.1) is 0 Å². The van der Waals surface area contributed by atoms with Crippen LogP contribution in [-0.4, -0.2) is 63.9 Å². The van der Waals surface area contributed by atoms with Crippen LogP contribution in [-0.2, 0) is 10.0 Å². The van der Waals surface area contributed by atoms with Gasteiger partial charge in [0, 0.05) is 31.9 Å². The van der Waals surface area contributed by atoms with Gasteiger partial charge in [0.05, 0.1) is 17.6 Å². The highest BCUT2D eigenvalue weighted by Gasteiger charge is 2.29. The number of rotatable bonds is 7. The first-order chi connectivity index (χ1) is 16.4. The lowest BCUT2D eigenvalue weighted by molar-refractivity contribution is 0.102. The second-order valence-corrected chi connectivity index (χ2v) is 9.90. The number of likely N-dealkylation sites (N-methyl/N-ethyl adjacent to an activating group) is 1. The Morgan fingerprint density at radius 1 is 0.882 bits per heavy atom. The van der Waals surface area contributed by atoms with E-state index in [4.69, 9.17) is 9.47 Å². The first kappa shape index (κ1) is 23.7. The van der Waals surface area contributed by atoms with Gasteiger partial charge >= 0.3 is 0 Å². The fraction of sp³-hybridized carbons (Fsp3) is 0.240. The number of para-hydroxylation sites is 1. The summed E-state index contributed by atoms with van der Waals surface area (Å²) < 4.78 is 38.8. The van der Waals surface area contributed by atoms with E-state index in [1.807, 2.05) is 37.4 Å². The van der Waals surface area contributed by atoms with Crippen LogP contribution in [0.5, 0.6) is 17.2 Å². The van der Waals surface area contributed by atoms with Crippen molar-refractivity contribution in [3.8, 4) is 17.2 Å². The molecule has 3 aromatic rings. The molecule has 0 bridgehead atoms. The van der Waals surface area contributed by atoms with Gasteiger partial charge < -0.3 is 19.7 Å². The second-order valence-electron chi connectivity index (χ2n) is 7.96. The van der Waals surface area contributed by atoms with E-state index in [-0.39, 0.29) is 10.5 Å². The molecule has 4 rings (SSSR count). The van der Waals surface area contributed by atoms with Crippen LogP contribution in [0.2, 0.25) is 0 Å². The molecule has 0 atom stereocenters. The largest absolute Gasteiger partial charge is 0.496 e. The standard InChI is InChI=1S/C25H27N3O5S/c1-27-14-16-28(17-15-27)34(30,31)22-12-13-24(32-2)23(18-22)25(29)26-19-8-10-21(11-9-19)33-20-6-4-3-5-7-20/h3-13,18H,14-17H2,1-2H3,(H,26,29). The molecule has 1 aliphatic rings. The molecule has 1 saturated heterocycles. The predicted octanol–water partition coefficient (Wildman–Crippen LogP) is 3.68. The maximum Gasteiger partial charge on any atom is 0.259 e. The van der Waals surface area contributed by atoms with Crippen molar-refractivity contribution in [1.82, 2.24) is 9.21 Å². The van der Waals surface area contributed by atoms with Gasteiger partial charge in [-0.05, 0) is 61.6 Å². The molecule has 1 heterocycles. The summed E-state index contributed by atoms with van der Waals surface area (Å²) in [5.41, 5.74) is 0.683. The molecule has 0 saturated carbocycles. The highest BCUT2D eigenvalue weighted by molar-refractivity contribution is 7.89. The van der Waals surface area contributed by atoms with Gasteiger partial charge in [0.2, 0.25) is 10.0 Å². The molecule has 0 aromatic heterocycles. The maximum atomic E-state index is 13.1. The van der Waals surface area contributed by atoms with E-state index in [1.165, 1.54) is 29.6 Å². The van der Waals surface area contributed by atoms with Crippen LogP contribution in [0.25, 0.3) is 0 Å². The number of nitrogens with zero attached hydrogens (tertiary/aromatic N) is 2. The van der Waals surface area contributed by atoms with Crippen molar-refractivity contribution in [2.24, 2.45) is 0 Å². The number of piperazine rings is 1. The van der Waals surface area contributed by atoms with E-state index < -0.39 is 15.9 Å². The zero-order chi connectivity index (χ0) is 24.1. The van der Waals surface area contributed by atoms with Gasteiger partial charge in [-0.3, -0.25) is 4.79 Å². The molecule has 3 aromatic carbocycles. The van der Waals surface area contributed by atoms with Crippen molar-refractivity contribution in [3.63, 3.8) is 0 Å². The summed E-state index contributed by atoms with van der Waals surface area (Å²) in [5.74, 6) is 1.16. The number of sulfonamides is 1. The Labute approximate surface area is 199 Å². The third-order valence-corrected chi connectivity index (χ3v) is 7.50. The lowest BCUT2D eigenvalue weighted by Gasteiger charge is -2.31. The fourth-order valence-electron chi connectivity index (χ4n) is 3.63. The van der Waals surface area contributed by atoms with E-state index in [1.54, 1.807) is 24.3 Å². The zero-order valence-electron chi connectivity index (χ0n) is 19.1. The summed E-state index contributed by atoms with van der Waals surface area (Å²) in [6, 6.07) is 20.7. The number of hydrogen-bond acceptors (Lipinski definition) is 6. The molecular weight excluding hydrogens is 454 g/mol. The smallest absolute Gasteiger partial charge is 0.259 e. The normalized spacial score (nSPS) is 15.0. The van der Waals surface area contributed by atoms with Crippen LogP contribution < -0.4 is 14.8 Å². The minimum absolute atomic E-state index is 0.0645. The lowest BCUT2D eigenvalue weighted by atomic mass is 10.2. The van der Waals surface area contributed by atoms with Crippen molar-refractivity contribution in [3.05, 3.63) is 78.4 Å². The summed E-state index contributed by atoms with van der Waals surface area (Å²) in [6.45, 7) is 2.13. The van der Waals surface area contributed by atoms with Crippen molar-refractivity contribution < 1.29 is 22.7 Å². The minimum atomic E-state index is -3.72. The molecular formula is C25H27N3O5S. The Bertz CT molecular complexity index is 1240. The first-order valence-electron chi connectivity index (χ1n) is 10.9. The number of carbonyl (C=O) groups excluding carboxylic acids is 1. The Hall–Kier alpha value is -3.40. The molecule has 1 fully saturated rings. The number of amides is 1. The molecule has 1 amide bonds. The number of anilines is 1. The average Bonchev–Trinajstić information content (AvgIpc) is 2.85. The Balaban J connectivity index is 1.51. The molecule has 0 radical (unpaired) electrons. The number of ether oxygens (including phenoxy) is 2. The summed E-state index contributed by atoms with van der Waals surface area (Å²) in [6.07, 6.45) is 0. The number of carbonyl (C=O) groups is 1. The monoisotopic (exact) mass is 481 g/mol. The van der Waals surface area contributed by atoms with Crippen molar-refractivity contribution in [2.75, 3.05) is 45.7 Å². The van der Waals surface area contributed by atoms with Gasteiger partial charge in [0.15, 0.2) is 0 Å². The molecule has 1 N–H and O–H groups in total. The zero-order valence-corrected chi connectivity index (χ0v) is 19.9. The topological polar surface area (TPSA) is 88.2 Å².